The summed E-state index contributed by atoms with van der Waals surface area (Å²) in [6, 6.07) is 9.69. The Morgan fingerprint density at radius 3 is 2.62 bits per heavy atom. The van der Waals surface area contributed by atoms with Crippen molar-refractivity contribution in [2.45, 2.75) is 24.9 Å². The number of hydrogen-bond acceptors (Lipinski definition) is 3. The minimum absolute atomic E-state index is 0.117. The fourth-order valence-corrected chi connectivity index (χ4v) is 2.52. The lowest BCUT2D eigenvalue weighted by Gasteiger charge is -2.20. The van der Waals surface area contributed by atoms with Crippen LogP contribution in [0.4, 0.5) is 0 Å². The first kappa shape index (κ1) is 11.1. The van der Waals surface area contributed by atoms with Gasteiger partial charge in [-0.3, -0.25) is 4.79 Å². The van der Waals surface area contributed by atoms with Crippen molar-refractivity contribution in [1.82, 2.24) is 0 Å². The van der Waals surface area contributed by atoms with E-state index in [1.165, 1.54) is 7.11 Å². The maximum atomic E-state index is 11.6. The molecule has 0 bridgehead atoms. The Morgan fingerprint density at radius 2 is 2.00 bits per heavy atom. The second-order valence-corrected chi connectivity index (χ2v) is 4.21. The molecule has 3 nitrogen and oxygen atoms in total. The van der Waals surface area contributed by atoms with Gasteiger partial charge in [0.05, 0.1) is 19.1 Å². The lowest BCUT2D eigenvalue weighted by Crippen LogP contribution is -2.24. The Morgan fingerprint density at radius 1 is 1.31 bits per heavy atom. The standard InChI is InChI=1S/C13H16O3/c1-16-13(15)10-7-8-11(14)12(10)9-5-3-2-4-6-9/h2-6,10-12,14H,7-8H2,1H3/t10-,11+,12+/m0/s1. The van der Waals surface area contributed by atoms with E-state index in [0.717, 1.165) is 5.56 Å². The van der Waals surface area contributed by atoms with Gasteiger partial charge in [0.15, 0.2) is 0 Å². The third-order valence-corrected chi connectivity index (χ3v) is 3.31. The van der Waals surface area contributed by atoms with E-state index in [-0.39, 0.29) is 17.8 Å². The number of aliphatic hydroxyl groups excluding tert-OH is 1. The summed E-state index contributed by atoms with van der Waals surface area (Å²) in [5, 5.41) is 9.95. The molecular formula is C13H16O3. The summed E-state index contributed by atoms with van der Waals surface area (Å²) in [7, 11) is 1.40. The molecule has 0 aliphatic heterocycles. The van der Waals surface area contributed by atoms with Gasteiger partial charge >= 0.3 is 5.97 Å². The normalized spacial score (nSPS) is 29.0. The number of methoxy groups -OCH3 is 1. The maximum Gasteiger partial charge on any atom is 0.309 e. The monoisotopic (exact) mass is 220 g/mol. The van der Waals surface area contributed by atoms with Crippen LogP contribution in [-0.2, 0) is 9.53 Å². The van der Waals surface area contributed by atoms with E-state index in [1.54, 1.807) is 0 Å². The van der Waals surface area contributed by atoms with Crippen LogP contribution in [0.25, 0.3) is 0 Å². The molecule has 0 amide bonds. The predicted molar refractivity (Wildman–Crippen MR) is 59.9 cm³/mol. The molecule has 0 radical (unpaired) electrons. The summed E-state index contributed by atoms with van der Waals surface area (Å²) in [5.74, 6) is -0.540. The van der Waals surface area contributed by atoms with Gasteiger partial charge in [0.1, 0.15) is 0 Å². The van der Waals surface area contributed by atoms with Crippen LogP contribution in [0, 0.1) is 5.92 Å². The lowest BCUT2D eigenvalue weighted by molar-refractivity contribution is -0.146. The van der Waals surface area contributed by atoms with Crippen LogP contribution in [-0.4, -0.2) is 24.3 Å². The molecule has 1 aromatic carbocycles. The molecule has 1 saturated carbocycles. The van der Waals surface area contributed by atoms with Crippen molar-refractivity contribution in [3.8, 4) is 0 Å². The summed E-state index contributed by atoms with van der Waals surface area (Å²) in [4.78, 5) is 11.6. The molecule has 0 aromatic heterocycles. The molecule has 1 aromatic rings. The van der Waals surface area contributed by atoms with Crippen molar-refractivity contribution < 1.29 is 14.6 Å². The summed E-state index contributed by atoms with van der Waals surface area (Å²) < 4.78 is 4.78. The lowest BCUT2D eigenvalue weighted by atomic mass is 9.88. The number of hydrogen-bond donors (Lipinski definition) is 1. The molecule has 3 heteroatoms. The molecule has 86 valence electrons. The van der Waals surface area contributed by atoms with Crippen molar-refractivity contribution in [3.05, 3.63) is 35.9 Å². The molecular weight excluding hydrogens is 204 g/mol. The van der Waals surface area contributed by atoms with Gasteiger partial charge in [-0.15, -0.1) is 0 Å². The molecule has 0 unspecified atom stereocenters. The van der Waals surface area contributed by atoms with Crippen LogP contribution in [0.5, 0.6) is 0 Å². The molecule has 1 aliphatic carbocycles. The SMILES string of the molecule is COC(=O)[C@H]1CC[C@@H](O)[C@@H]1c1ccccc1. The van der Waals surface area contributed by atoms with Crippen LogP contribution >= 0.6 is 0 Å². The van der Waals surface area contributed by atoms with E-state index >= 15 is 0 Å². The van der Waals surface area contributed by atoms with Gasteiger partial charge in [0.2, 0.25) is 0 Å². The Balaban J connectivity index is 2.26. The second kappa shape index (κ2) is 4.66. The largest absolute Gasteiger partial charge is 0.469 e. The van der Waals surface area contributed by atoms with Gasteiger partial charge in [0.25, 0.3) is 0 Å². The number of benzene rings is 1. The molecule has 1 fully saturated rings. The van der Waals surface area contributed by atoms with E-state index in [1.807, 2.05) is 30.3 Å². The zero-order valence-electron chi connectivity index (χ0n) is 9.30. The fourth-order valence-electron chi connectivity index (χ4n) is 2.52. The average Bonchev–Trinajstić information content (AvgIpc) is 2.71. The van der Waals surface area contributed by atoms with Crippen molar-refractivity contribution in [2.75, 3.05) is 7.11 Å². The Bertz CT molecular complexity index is 361. The summed E-state index contributed by atoms with van der Waals surface area (Å²) in [6.45, 7) is 0. The summed E-state index contributed by atoms with van der Waals surface area (Å²) in [6.07, 6.45) is 0.929. The Labute approximate surface area is 95.0 Å². The number of esters is 1. The quantitative estimate of drug-likeness (QED) is 0.772. The zero-order chi connectivity index (χ0) is 11.5. The Kier molecular flexibility index (Phi) is 3.25. The van der Waals surface area contributed by atoms with Crippen LogP contribution in [0.1, 0.15) is 24.3 Å². The highest BCUT2D eigenvalue weighted by Crippen LogP contribution is 2.40. The second-order valence-electron chi connectivity index (χ2n) is 4.21. The van der Waals surface area contributed by atoms with E-state index in [2.05, 4.69) is 0 Å². The molecule has 16 heavy (non-hydrogen) atoms. The summed E-state index contributed by atoms with van der Waals surface area (Å²) >= 11 is 0. The third-order valence-electron chi connectivity index (χ3n) is 3.31. The van der Waals surface area contributed by atoms with Crippen LogP contribution < -0.4 is 0 Å². The summed E-state index contributed by atoms with van der Waals surface area (Å²) in [5.41, 5.74) is 1.02. The number of carbonyl (C=O) groups excluding carboxylic acids is 1. The van der Waals surface area contributed by atoms with E-state index in [4.69, 9.17) is 4.74 Å². The molecule has 0 saturated heterocycles. The first-order chi connectivity index (χ1) is 7.74. The van der Waals surface area contributed by atoms with Gasteiger partial charge in [-0.25, -0.2) is 0 Å². The Hall–Kier alpha value is -1.35. The van der Waals surface area contributed by atoms with Gasteiger partial charge < -0.3 is 9.84 Å². The predicted octanol–water partition coefficient (Wildman–Crippen LogP) is 1.71. The highest BCUT2D eigenvalue weighted by atomic mass is 16.5. The number of rotatable bonds is 2. The van der Waals surface area contributed by atoms with Crippen molar-refractivity contribution >= 4 is 5.97 Å². The van der Waals surface area contributed by atoms with Crippen molar-refractivity contribution in [3.63, 3.8) is 0 Å². The molecule has 1 aliphatic rings. The third kappa shape index (κ3) is 1.95. The topological polar surface area (TPSA) is 46.5 Å². The smallest absolute Gasteiger partial charge is 0.309 e. The first-order valence-corrected chi connectivity index (χ1v) is 5.55. The highest BCUT2D eigenvalue weighted by molar-refractivity contribution is 5.74. The zero-order valence-corrected chi connectivity index (χ0v) is 9.30. The van der Waals surface area contributed by atoms with Gasteiger partial charge in [-0.05, 0) is 18.4 Å². The van der Waals surface area contributed by atoms with Crippen LogP contribution in [0.3, 0.4) is 0 Å². The fraction of sp³-hybridized carbons (Fsp3) is 0.462. The van der Waals surface area contributed by atoms with E-state index < -0.39 is 6.10 Å². The van der Waals surface area contributed by atoms with Gasteiger partial charge in [-0.2, -0.15) is 0 Å². The van der Waals surface area contributed by atoms with Gasteiger partial charge in [0, 0.05) is 5.92 Å². The minimum Gasteiger partial charge on any atom is -0.469 e. The molecule has 2 rings (SSSR count). The average molecular weight is 220 g/mol. The number of aliphatic hydroxyl groups is 1. The van der Waals surface area contributed by atoms with Gasteiger partial charge in [-0.1, -0.05) is 30.3 Å². The van der Waals surface area contributed by atoms with E-state index in [9.17, 15) is 9.90 Å². The molecule has 0 spiro atoms. The van der Waals surface area contributed by atoms with Crippen LogP contribution in [0.2, 0.25) is 0 Å². The maximum absolute atomic E-state index is 11.6. The minimum atomic E-state index is -0.438. The molecule has 1 N–H and O–H groups in total. The number of ether oxygens (including phenoxy) is 1. The number of carbonyl (C=O) groups is 1. The first-order valence-electron chi connectivity index (χ1n) is 5.55. The van der Waals surface area contributed by atoms with Crippen molar-refractivity contribution in [1.29, 1.82) is 0 Å². The van der Waals surface area contributed by atoms with Crippen LogP contribution in [0.15, 0.2) is 30.3 Å². The molecule has 0 heterocycles. The van der Waals surface area contributed by atoms with E-state index in [0.29, 0.717) is 12.8 Å². The highest BCUT2D eigenvalue weighted by Gasteiger charge is 2.40. The van der Waals surface area contributed by atoms with Crippen molar-refractivity contribution in [2.24, 2.45) is 5.92 Å². The molecule has 3 atom stereocenters.